The van der Waals surface area contributed by atoms with E-state index in [0.29, 0.717) is 4.90 Å². The SMILES string of the molecule is C=CCN(CC(F)(F)F)C(=O)c1nn(-c2ccccc2F)c(C)cc1=O. The van der Waals surface area contributed by atoms with E-state index in [0.717, 1.165) is 22.9 Å². The van der Waals surface area contributed by atoms with Crippen LogP contribution in [-0.4, -0.2) is 39.9 Å². The Labute approximate surface area is 146 Å². The number of para-hydroxylation sites is 1. The molecular weight excluding hydrogens is 354 g/mol. The molecule has 0 atom stereocenters. The second kappa shape index (κ2) is 7.51. The minimum Gasteiger partial charge on any atom is -0.324 e. The summed E-state index contributed by atoms with van der Waals surface area (Å²) in [6.07, 6.45) is -3.55. The van der Waals surface area contributed by atoms with Gasteiger partial charge in [-0.1, -0.05) is 18.2 Å². The van der Waals surface area contributed by atoms with Crippen LogP contribution < -0.4 is 5.43 Å². The first-order chi connectivity index (χ1) is 12.1. The summed E-state index contributed by atoms with van der Waals surface area (Å²) in [4.78, 5) is 24.9. The zero-order valence-electron chi connectivity index (χ0n) is 13.8. The fraction of sp³-hybridized carbons (Fsp3) is 0.235. The Hall–Kier alpha value is -2.97. The predicted octanol–water partition coefficient (Wildman–Crippen LogP) is 2.87. The Bertz CT molecular complexity index is 890. The zero-order chi connectivity index (χ0) is 19.5. The van der Waals surface area contributed by atoms with Crippen molar-refractivity contribution in [1.82, 2.24) is 14.7 Å². The summed E-state index contributed by atoms with van der Waals surface area (Å²) in [5.74, 6) is -1.87. The van der Waals surface area contributed by atoms with Gasteiger partial charge in [0.2, 0.25) is 5.43 Å². The molecule has 0 saturated carbocycles. The van der Waals surface area contributed by atoms with Gasteiger partial charge in [-0.25, -0.2) is 9.07 Å². The number of benzene rings is 1. The van der Waals surface area contributed by atoms with Crippen LogP contribution in [-0.2, 0) is 0 Å². The molecule has 0 N–H and O–H groups in total. The predicted molar refractivity (Wildman–Crippen MR) is 86.7 cm³/mol. The fourth-order valence-electron chi connectivity index (χ4n) is 2.30. The summed E-state index contributed by atoms with van der Waals surface area (Å²) in [7, 11) is 0. The van der Waals surface area contributed by atoms with E-state index in [1.54, 1.807) is 0 Å². The van der Waals surface area contributed by atoms with Crippen LogP contribution in [0.3, 0.4) is 0 Å². The Morgan fingerprint density at radius 3 is 2.58 bits per heavy atom. The lowest BCUT2D eigenvalue weighted by atomic mass is 10.2. The molecule has 26 heavy (non-hydrogen) atoms. The summed E-state index contributed by atoms with van der Waals surface area (Å²) in [5.41, 5.74) is -1.39. The van der Waals surface area contributed by atoms with Gasteiger partial charge >= 0.3 is 6.18 Å². The highest BCUT2D eigenvalue weighted by Gasteiger charge is 2.34. The number of amides is 1. The van der Waals surface area contributed by atoms with Crippen molar-refractivity contribution in [3.63, 3.8) is 0 Å². The summed E-state index contributed by atoms with van der Waals surface area (Å²) in [5, 5.41) is 3.81. The normalized spacial score (nSPS) is 11.3. The lowest BCUT2D eigenvalue weighted by Gasteiger charge is -2.22. The van der Waals surface area contributed by atoms with E-state index in [4.69, 9.17) is 0 Å². The molecule has 0 aliphatic rings. The van der Waals surface area contributed by atoms with Crippen molar-refractivity contribution in [2.45, 2.75) is 13.1 Å². The van der Waals surface area contributed by atoms with Gasteiger partial charge < -0.3 is 4.90 Å². The number of hydrogen-bond acceptors (Lipinski definition) is 3. The van der Waals surface area contributed by atoms with E-state index >= 15 is 0 Å². The lowest BCUT2D eigenvalue weighted by Crippen LogP contribution is -2.42. The molecule has 0 unspecified atom stereocenters. The number of aryl methyl sites for hydroxylation is 1. The number of nitrogens with zero attached hydrogens (tertiary/aromatic N) is 3. The monoisotopic (exact) mass is 369 g/mol. The third-order valence-corrected chi connectivity index (χ3v) is 3.40. The highest BCUT2D eigenvalue weighted by Crippen LogP contribution is 2.18. The molecule has 1 amide bonds. The van der Waals surface area contributed by atoms with E-state index in [1.165, 1.54) is 25.1 Å². The van der Waals surface area contributed by atoms with Gasteiger partial charge in [-0.2, -0.15) is 18.3 Å². The zero-order valence-corrected chi connectivity index (χ0v) is 13.8. The van der Waals surface area contributed by atoms with Gasteiger partial charge in [-0.3, -0.25) is 9.59 Å². The molecule has 138 valence electrons. The maximum atomic E-state index is 14.0. The molecule has 0 spiro atoms. The number of aromatic nitrogens is 2. The molecule has 0 saturated heterocycles. The molecular formula is C17H15F4N3O2. The fourth-order valence-corrected chi connectivity index (χ4v) is 2.30. The topological polar surface area (TPSA) is 55.2 Å². The van der Waals surface area contributed by atoms with Crippen LogP contribution in [0, 0.1) is 12.7 Å². The number of alkyl halides is 3. The van der Waals surface area contributed by atoms with Crippen LogP contribution in [0.4, 0.5) is 17.6 Å². The van der Waals surface area contributed by atoms with E-state index in [-0.39, 0.29) is 11.4 Å². The van der Waals surface area contributed by atoms with Crippen LogP contribution in [0.1, 0.15) is 16.2 Å². The number of hydrogen-bond donors (Lipinski definition) is 0. The number of halogens is 4. The van der Waals surface area contributed by atoms with Crippen LogP contribution >= 0.6 is 0 Å². The average molecular weight is 369 g/mol. The number of rotatable bonds is 5. The average Bonchev–Trinajstić information content (AvgIpc) is 2.54. The van der Waals surface area contributed by atoms with E-state index in [2.05, 4.69) is 11.7 Å². The molecule has 1 heterocycles. The Morgan fingerprint density at radius 1 is 1.35 bits per heavy atom. The second-order valence-corrected chi connectivity index (χ2v) is 5.45. The third-order valence-electron chi connectivity index (χ3n) is 3.40. The van der Waals surface area contributed by atoms with Crippen molar-refractivity contribution < 1.29 is 22.4 Å². The molecule has 1 aromatic heterocycles. The van der Waals surface area contributed by atoms with E-state index in [9.17, 15) is 27.2 Å². The second-order valence-electron chi connectivity index (χ2n) is 5.45. The molecule has 0 aliphatic carbocycles. The lowest BCUT2D eigenvalue weighted by molar-refractivity contribution is -0.139. The van der Waals surface area contributed by atoms with Crippen LogP contribution in [0.15, 0.2) is 47.8 Å². The van der Waals surface area contributed by atoms with Gasteiger partial charge in [0.25, 0.3) is 5.91 Å². The molecule has 2 aromatic rings. The number of carbonyl (C=O) groups excluding carboxylic acids is 1. The van der Waals surface area contributed by atoms with Crippen LogP contribution in [0.25, 0.3) is 5.69 Å². The van der Waals surface area contributed by atoms with Crippen molar-refractivity contribution in [2.24, 2.45) is 0 Å². The van der Waals surface area contributed by atoms with Gasteiger partial charge in [0.15, 0.2) is 5.69 Å². The molecule has 9 heteroatoms. The highest BCUT2D eigenvalue weighted by molar-refractivity contribution is 5.92. The van der Waals surface area contributed by atoms with Gasteiger partial charge in [0, 0.05) is 18.3 Å². The maximum absolute atomic E-state index is 14.0. The molecule has 5 nitrogen and oxygen atoms in total. The molecule has 2 rings (SSSR count). The van der Waals surface area contributed by atoms with Gasteiger partial charge in [0.05, 0.1) is 0 Å². The molecule has 0 fully saturated rings. The van der Waals surface area contributed by atoms with Crippen molar-refractivity contribution in [3.05, 3.63) is 70.4 Å². The quantitative estimate of drug-likeness (QED) is 0.602. The van der Waals surface area contributed by atoms with E-state index < -0.39 is 42.1 Å². The van der Waals surface area contributed by atoms with Crippen molar-refractivity contribution in [2.75, 3.05) is 13.1 Å². The van der Waals surface area contributed by atoms with Crippen molar-refractivity contribution in [1.29, 1.82) is 0 Å². The first-order valence-electron chi connectivity index (χ1n) is 7.47. The van der Waals surface area contributed by atoms with Crippen LogP contribution in [0.5, 0.6) is 0 Å². The Kier molecular flexibility index (Phi) is 5.59. The third kappa shape index (κ3) is 4.35. The first kappa shape index (κ1) is 19.4. The highest BCUT2D eigenvalue weighted by atomic mass is 19.4. The molecule has 0 radical (unpaired) electrons. The summed E-state index contributed by atoms with van der Waals surface area (Å²) in [6, 6.07) is 6.51. The Balaban J connectivity index is 2.53. The van der Waals surface area contributed by atoms with Crippen molar-refractivity contribution in [3.8, 4) is 5.69 Å². The Morgan fingerprint density at radius 2 is 2.00 bits per heavy atom. The van der Waals surface area contributed by atoms with E-state index in [1.807, 2.05) is 0 Å². The van der Waals surface area contributed by atoms with Gasteiger partial charge in [-0.05, 0) is 19.1 Å². The molecule has 0 bridgehead atoms. The largest absolute Gasteiger partial charge is 0.406 e. The summed E-state index contributed by atoms with van der Waals surface area (Å²) in [6.45, 7) is 2.78. The minimum atomic E-state index is -4.66. The summed E-state index contributed by atoms with van der Waals surface area (Å²) < 4.78 is 53.1. The van der Waals surface area contributed by atoms with Crippen molar-refractivity contribution >= 4 is 5.91 Å². The first-order valence-corrected chi connectivity index (χ1v) is 7.47. The maximum Gasteiger partial charge on any atom is 0.406 e. The standard InChI is InChI=1S/C17H15F4N3O2/c1-3-8-23(10-17(19,20)21)16(26)15-14(25)9-11(2)24(22-15)13-7-5-4-6-12(13)18/h3-7,9H,1,8,10H2,2H3. The van der Waals surface area contributed by atoms with Gasteiger partial charge in [-0.15, -0.1) is 6.58 Å². The molecule has 1 aromatic carbocycles. The van der Waals surface area contributed by atoms with Crippen LogP contribution in [0.2, 0.25) is 0 Å². The summed E-state index contributed by atoms with van der Waals surface area (Å²) >= 11 is 0. The minimum absolute atomic E-state index is 0.0369. The molecule has 0 aliphatic heterocycles. The number of carbonyl (C=O) groups is 1. The smallest absolute Gasteiger partial charge is 0.324 e. The van der Waals surface area contributed by atoms with Gasteiger partial charge in [0.1, 0.15) is 18.0 Å².